The van der Waals surface area contributed by atoms with Crippen molar-refractivity contribution in [2.45, 2.75) is 31.3 Å². The number of carbonyl (C=O) groups excluding carboxylic acids is 2. The second-order valence-corrected chi connectivity index (χ2v) is 9.52. The van der Waals surface area contributed by atoms with E-state index in [2.05, 4.69) is 17.2 Å². The number of carbonyl (C=O) groups is 3. The number of anilines is 1. The monoisotopic (exact) mass is 499 g/mol. The molecule has 0 bridgehead atoms. The van der Waals surface area contributed by atoms with E-state index in [1.54, 1.807) is 31.2 Å². The van der Waals surface area contributed by atoms with Crippen LogP contribution in [0.25, 0.3) is 0 Å². The Balaban J connectivity index is 1.98. The molecule has 2 amide bonds. The van der Waals surface area contributed by atoms with Gasteiger partial charge in [0.1, 0.15) is 18.4 Å². The maximum Gasteiger partial charge on any atom is 0.323 e. The number of fused-ring (bicyclic) bond motifs is 1. The van der Waals surface area contributed by atoms with Crippen LogP contribution in [0.2, 0.25) is 0 Å². The zero-order valence-corrected chi connectivity index (χ0v) is 20.0. The zero-order valence-electron chi connectivity index (χ0n) is 19.2. The molecule has 1 unspecified atom stereocenters. The number of carboxylic acid groups (broad SMARTS) is 1. The lowest BCUT2D eigenvalue weighted by atomic mass is 10.1. The Morgan fingerprint density at radius 2 is 1.83 bits per heavy atom. The Kier molecular flexibility index (Phi) is 8.11. The summed E-state index contributed by atoms with van der Waals surface area (Å²) in [6, 6.07) is 10.6. The van der Waals surface area contributed by atoms with Crippen LogP contribution in [0.1, 0.15) is 19.4 Å². The molecule has 0 aliphatic carbocycles. The van der Waals surface area contributed by atoms with Gasteiger partial charge in [0.25, 0.3) is 0 Å². The van der Waals surface area contributed by atoms with Crippen LogP contribution in [0.15, 0.2) is 53.4 Å². The number of sulfonamides is 1. The second kappa shape index (κ2) is 11.0. The molecule has 2 aromatic carbocycles. The van der Waals surface area contributed by atoms with E-state index in [0.29, 0.717) is 17.0 Å². The minimum atomic E-state index is -4.28. The number of aliphatic carboxylic acids is 1. The highest BCUT2D eigenvalue weighted by Crippen LogP contribution is 2.31. The molecule has 0 saturated heterocycles. The van der Waals surface area contributed by atoms with E-state index in [-0.39, 0.29) is 24.6 Å². The number of amides is 2. The van der Waals surface area contributed by atoms with Crippen molar-refractivity contribution in [3.05, 3.63) is 54.1 Å². The molecule has 0 spiro atoms. The maximum absolute atomic E-state index is 13.6. The van der Waals surface area contributed by atoms with E-state index in [9.17, 15) is 27.9 Å². The van der Waals surface area contributed by atoms with Crippen molar-refractivity contribution in [1.82, 2.24) is 9.62 Å². The summed E-state index contributed by atoms with van der Waals surface area (Å²) in [5.74, 6) is 3.45. The van der Waals surface area contributed by atoms with E-state index >= 15 is 0 Å². The van der Waals surface area contributed by atoms with Gasteiger partial charge in [0.05, 0.1) is 18.0 Å². The van der Waals surface area contributed by atoms with Crippen LogP contribution in [0.4, 0.5) is 5.69 Å². The van der Waals surface area contributed by atoms with E-state index < -0.39 is 40.4 Å². The second-order valence-electron chi connectivity index (χ2n) is 7.63. The first-order valence-electron chi connectivity index (χ1n) is 10.6. The highest BCUT2D eigenvalue weighted by Gasteiger charge is 2.41. The van der Waals surface area contributed by atoms with Crippen LogP contribution in [-0.2, 0) is 31.0 Å². The van der Waals surface area contributed by atoms with Crippen LogP contribution in [0.3, 0.4) is 0 Å². The molecule has 10 nitrogen and oxygen atoms in total. The summed E-state index contributed by atoms with van der Waals surface area (Å²) in [7, 11) is -4.28. The third-order valence-electron chi connectivity index (χ3n) is 5.30. The van der Waals surface area contributed by atoms with Crippen molar-refractivity contribution in [3.63, 3.8) is 0 Å². The quantitative estimate of drug-likeness (QED) is 0.547. The fourth-order valence-electron chi connectivity index (χ4n) is 3.57. The summed E-state index contributed by atoms with van der Waals surface area (Å²) in [5.41, 5.74) is 0.835. The molecule has 0 radical (unpaired) electrons. The molecule has 0 saturated carbocycles. The normalized spacial score (nSPS) is 15.7. The first-order chi connectivity index (χ1) is 16.6. The summed E-state index contributed by atoms with van der Waals surface area (Å²) in [6.45, 7) is 2.03. The Morgan fingerprint density at radius 3 is 2.46 bits per heavy atom. The van der Waals surface area contributed by atoms with Crippen molar-refractivity contribution >= 4 is 33.5 Å². The van der Waals surface area contributed by atoms with E-state index in [1.165, 1.54) is 36.1 Å². The van der Waals surface area contributed by atoms with Crippen molar-refractivity contribution in [2.24, 2.45) is 0 Å². The lowest BCUT2D eigenvalue weighted by molar-refractivity contribution is -0.141. The average Bonchev–Trinajstić information content (AvgIpc) is 3.01. The van der Waals surface area contributed by atoms with Gasteiger partial charge in [-0.15, -0.1) is 5.92 Å². The van der Waals surface area contributed by atoms with Gasteiger partial charge in [-0.1, -0.05) is 24.1 Å². The molecule has 1 heterocycles. The van der Waals surface area contributed by atoms with Crippen LogP contribution >= 0.6 is 0 Å². The molecule has 184 valence electrons. The predicted octanol–water partition coefficient (Wildman–Crippen LogP) is 1.22. The molecule has 1 aliphatic heterocycles. The molecule has 1 atom stereocenters. The third kappa shape index (κ3) is 5.98. The summed E-state index contributed by atoms with van der Waals surface area (Å²) in [4.78, 5) is 37.5. The number of benzene rings is 2. The van der Waals surface area contributed by atoms with E-state index in [4.69, 9.17) is 4.74 Å². The van der Waals surface area contributed by atoms with Crippen LogP contribution < -0.4 is 15.0 Å². The molecule has 2 N–H and O–H groups in total. The molecule has 2 aromatic rings. The lowest BCUT2D eigenvalue weighted by Gasteiger charge is -2.28. The average molecular weight is 500 g/mol. The molecule has 11 heteroatoms. The molecule has 0 fully saturated rings. The number of ether oxygens (including phenoxy) is 1. The maximum atomic E-state index is 13.6. The number of rotatable bonds is 7. The van der Waals surface area contributed by atoms with Crippen molar-refractivity contribution in [1.29, 1.82) is 0 Å². The highest BCUT2D eigenvalue weighted by molar-refractivity contribution is 7.89. The standard InChI is InChI=1S/C24H25N3O7S/c1-3-4-13-34-19-9-11-20(12-10-19)35(32,33)27-15-18-7-5-6-8-21(18)26(16-22(27)24(30)31)23(29)14-25-17(2)28/h5-12,22H,13-16H2,1-2H3,(H,25,28)(H,30,31). The van der Waals surface area contributed by atoms with Crippen molar-refractivity contribution in [3.8, 4) is 17.6 Å². The fraction of sp³-hybridized carbons (Fsp3) is 0.292. The number of nitrogens with zero attached hydrogens (tertiary/aromatic N) is 2. The number of carboxylic acids is 1. The Morgan fingerprint density at radius 1 is 1.14 bits per heavy atom. The largest absolute Gasteiger partial charge is 0.481 e. The molecule has 35 heavy (non-hydrogen) atoms. The number of para-hydroxylation sites is 1. The van der Waals surface area contributed by atoms with Crippen LogP contribution in [0, 0.1) is 11.8 Å². The first-order valence-corrected chi connectivity index (χ1v) is 12.1. The molecular formula is C24H25N3O7S. The van der Waals surface area contributed by atoms with Crippen LogP contribution in [-0.4, -0.2) is 61.4 Å². The molecule has 1 aliphatic rings. The zero-order chi connectivity index (χ0) is 25.6. The van der Waals surface area contributed by atoms with Gasteiger partial charge >= 0.3 is 5.97 Å². The molecule has 3 rings (SSSR count). The minimum absolute atomic E-state index is 0.117. The van der Waals surface area contributed by atoms with Gasteiger partial charge in [-0.25, -0.2) is 8.42 Å². The van der Waals surface area contributed by atoms with Crippen molar-refractivity contribution < 1.29 is 32.6 Å². The molecular weight excluding hydrogens is 474 g/mol. The Labute approximate surface area is 203 Å². The van der Waals surface area contributed by atoms with Gasteiger partial charge < -0.3 is 20.1 Å². The number of nitrogens with one attached hydrogen (secondary N) is 1. The summed E-state index contributed by atoms with van der Waals surface area (Å²) in [6.07, 6.45) is 0. The van der Waals surface area contributed by atoms with Crippen molar-refractivity contribution in [2.75, 3.05) is 24.6 Å². The van der Waals surface area contributed by atoms with Gasteiger partial charge in [-0.05, 0) is 42.8 Å². The minimum Gasteiger partial charge on any atom is -0.481 e. The Hall–Kier alpha value is -3.88. The van der Waals surface area contributed by atoms with Gasteiger partial charge in [-0.2, -0.15) is 4.31 Å². The van der Waals surface area contributed by atoms with E-state index in [0.717, 1.165) is 4.31 Å². The smallest absolute Gasteiger partial charge is 0.323 e. The fourth-order valence-corrected chi connectivity index (χ4v) is 5.12. The SMILES string of the molecule is CC#CCOc1ccc(S(=O)(=O)N2Cc3ccccc3N(C(=O)CNC(C)=O)CC2C(=O)O)cc1. The summed E-state index contributed by atoms with van der Waals surface area (Å²) < 4.78 is 33.4. The highest BCUT2D eigenvalue weighted by atomic mass is 32.2. The number of hydrogen-bond donors (Lipinski definition) is 2. The topological polar surface area (TPSA) is 133 Å². The third-order valence-corrected chi connectivity index (χ3v) is 7.17. The first kappa shape index (κ1) is 25.7. The van der Waals surface area contributed by atoms with Gasteiger partial charge in [0.15, 0.2) is 0 Å². The molecule has 0 aromatic heterocycles. The van der Waals surface area contributed by atoms with E-state index in [1.807, 2.05) is 0 Å². The van der Waals surface area contributed by atoms with Crippen LogP contribution in [0.5, 0.6) is 5.75 Å². The predicted molar refractivity (Wildman–Crippen MR) is 127 cm³/mol. The summed E-state index contributed by atoms with van der Waals surface area (Å²) >= 11 is 0. The van der Waals surface area contributed by atoms with Gasteiger partial charge in [0, 0.05) is 19.2 Å². The van der Waals surface area contributed by atoms with Gasteiger partial charge in [0.2, 0.25) is 21.8 Å². The lowest BCUT2D eigenvalue weighted by Crippen LogP contribution is -2.51. The Bertz CT molecular complexity index is 1280. The van der Waals surface area contributed by atoms with Gasteiger partial charge in [-0.3, -0.25) is 14.4 Å². The number of hydrogen-bond acceptors (Lipinski definition) is 6. The summed E-state index contributed by atoms with van der Waals surface area (Å²) in [5, 5.41) is 12.4.